The Labute approximate surface area is 120 Å². The van der Waals surface area contributed by atoms with E-state index in [-0.39, 0.29) is 5.54 Å². The van der Waals surface area contributed by atoms with Crippen LogP contribution in [-0.4, -0.2) is 5.54 Å². The van der Waals surface area contributed by atoms with Gasteiger partial charge in [0.1, 0.15) is 0 Å². The Morgan fingerprint density at radius 3 is 2.42 bits per heavy atom. The molecule has 19 heavy (non-hydrogen) atoms. The minimum atomic E-state index is 0.175. The van der Waals surface area contributed by atoms with Gasteiger partial charge in [-0.15, -0.1) is 0 Å². The van der Waals surface area contributed by atoms with Crippen LogP contribution >= 0.6 is 0 Å². The summed E-state index contributed by atoms with van der Waals surface area (Å²) in [5.74, 6) is 2.60. The van der Waals surface area contributed by atoms with E-state index >= 15 is 0 Å². The van der Waals surface area contributed by atoms with E-state index in [1.807, 2.05) is 0 Å². The van der Waals surface area contributed by atoms with E-state index < -0.39 is 0 Å². The largest absolute Gasteiger partial charge is 0.325 e. The third kappa shape index (κ3) is 3.97. The standard InChI is InChI=1S/C18H35N/c1-3-9-15(2)14-18(19)13-8-7-12-17(18)16-10-5-4-6-11-16/h15-17H,3-14,19H2,1-2H3. The molecule has 2 N–H and O–H groups in total. The predicted octanol–water partition coefficient (Wildman–Crippen LogP) is 5.28. The molecule has 0 saturated heterocycles. The van der Waals surface area contributed by atoms with Crippen molar-refractivity contribution in [1.82, 2.24) is 0 Å². The second-order valence-corrected chi connectivity index (χ2v) is 7.58. The zero-order valence-corrected chi connectivity index (χ0v) is 13.3. The number of hydrogen-bond donors (Lipinski definition) is 1. The second kappa shape index (κ2) is 7.11. The highest BCUT2D eigenvalue weighted by atomic mass is 14.8. The summed E-state index contributed by atoms with van der Waals surface area (Å²) >= 11 is 0. The molecule has 1 heteroatoms. The van der Waals surface area contributed by atoms with Gasteiger partial charge in [0.15, 0.2) is 0 Å². The van der Waals surface area contributed by atoms with Crippen LogP contribution < -0.4 is 5.73 Å². The smallest absolute Gasteiger partial charge is 0.0188 e. The molecular weight excluding hydrogens is 230 g/mol. The fraction of sp³-hybridized carbons (Fsp3) is 1.00. The molecule has 0 heterocycles. The first-order valence-electron chi connectivity index (χ1n) is 8.94. The van der Waals surface area contributed by atoms with Crippen molar-refractivity contribution in [3.05, 3.63) is 0 Å². The molecule has 0 aromatic heterocycles. The van der Waals surface area contributed by atoms with Gasteiger partial charge < -0.3 is 5.73 Å². The first-order valence-corrected chi connectivity index (χ1v) is 8.94. The number of hydrogen-bond acceptors (Lipinski definition) is 1. The number of nitrogens with two attached hydrogens (primary N) is 1. The van der Waals surface area contributed by atoms with Gasteiger partial charge in [0, 0.05) is 5.54 Å². The predicted molar refractivity (Wildman–Crippen MR) is 84.1 cm³/mol. The summed E-state index contributed by atoms with van der Waals surface area (Å²) in [6.07, 6.45) is 16.8. The van der Waals surface area contributed by atoms with E-state index in [4.69, 9.17) is 5.73 Å². The molecule has 0 spiro atoms. The van der Waals surface area contributed by atoms with E-state index in [1.165, 1.54) is 77.0 Å². The first-order chi connectivity index (χ1) is 9.15. The fourth-order valence-corrected chi connectivity index (χ4v) is 5.03. The molecule has 0 bridgehead atoms. The summed E-state index contributed by atoms with van der Waals surface area (Å²) in [5.41, 5.74) is 7.14. The molecule has 0 radical (unpaired) electrons. The Morgan fingerprint density at radius 2 is 1.74 bits per heavy atom. The average Bonchev–Trinajstić information content (AvgIpc) is 2.40. The summed E-state index contributed by atoms with van der Waals surface area (Å²) in [5, 5.41) is 0. The maximum atomic E-state index is 6.97. The normalized spacial score (nSPS) is 35.2. The van der Waals surface area contributed by atoms with Crippen molar-refractivity contribution < 1.29 is 0 Å². The third-order valence-corrected chi connectivity index (χ3v) is 5.87. The van der Waals surface area contributed by atoms with Crippen molar-refractivity contribution in [2.75, 3.05) is 0 Å². The van der Waals surface area contributed by atoms with E-state index in [1.54, 1.807) is 0 Å². The van der Waals surface area contributed by atoms with Crippen LogP contribution in [0.1, 0.15) is 90.9 Å². The molecule has 2 aliphatic carbocycles. The minimum absolute atomic E-state index is 0.175. The van der Waals surface area contributed by atoms with Crippen LogP contribution in [0.2, 0.25) is 0 Å². The van der Waals surface area contributed by atoms with E-state index in [0.29, 0.717) is 0 Å². The Balaban J connectivity index is 2.00. The van der Waals surface area contributed by atoms with Gasteiger partial charge in [0.2, 0.25) is 0 Å². The maximum Gasteiger partial charge on any atom is 0.0188 e. The lowest BCUT2D eigenvalue weighted by atomic mass is 9.61. The van der Waals surface area contributed by atoms with Crippen molar-refractivity contribution in [1.29, 1.82) is 0 Å². The molecule has 0 aromatic rings. The molecular formula is C18H35N. The van der Waals surface area contributed by atoms with Gasteiger partial charge in [-0.1, -0.05) is 71.6 Å². The Kier molecular flexibility index (Phi) is 5.74. The molecule has 0 aliphatic heterocycles. The summed E-state index contributed by atoms with van der Waals surface area (Å²) in [7, 11) is 0. The summed E-state index contributed by atoms with van der Waals surface area (Å²) < 4.78 is 0. The van der Waals surface area contributed by atoms with Crippen LogP contribution in [0.4, 0.5) is 0 Å². The van der Waals surface area contributed by atoms with Crippen molar-refractivity contribution >= 4 is 0 Å². The van der Waals surface area contributed by atoms with E-state index in [0.717, 1.165) is 17.8 Å². The fourth-order valence-electron chi connectivity index (χ4n) is 5.03. The maximum absolute atomic E-state index is 6.97. The second-order valence-electron chi connectivity index (χ2n) is 7.58. The van der Waals surface area contributed by atoms with E-state index in [9.17, 15) is 0 Å². The Hall–Kier alpha value is -0.0400. The number of rotatable bonds is 5. The molecule has 3 unspecified atom stereocenters. The van der Waals surface area contributed by atoms with E-state index in [2.05, 4.69) is 13.8 Å². The summed E-state index contributed by atoms with van der Waals surface area (Å²) in [6, 6.07) is 0. The van der Waals surface area contributed by atoms with Crippen molar-refractivity contribution in [2.24, 2.45) is 23.5 Å². The first kappa shape index (κ1) is 15.4. The zero-order chi connectivity index (χ0) is 13.7. The van der Waals surface area contributed by atoms with Gasteiger partial charge in [-0.05, 0) is 37.0 Å². The Morgan fingerprint density at radius 1 is 1.05 bits per heavy atom. The molecule has 2 saturated carbocycles. The van der Waals surface area contributed by atoms with Crippen molar-refractivity contribution in [3.8, 4) is 0 Å². The third-order valence-electron chi connectivity index (χ3n) is 5.87. The zero-order valence-electron chi connectivity index (χ0n) is 13.3. The Bertz CT molecular complexity index is 256. The van der Waals surface area contributed by atoms with Gasteiger partial charge in [-0.25, -0.2) is 0 Å². The monoisotopic (exact) mass is 265 g/mol. The SMILES string of the molecule is CCCC(C)CC1(N)CCCCC1C1CCCCC1. The molecule has 3 atom stereocenters. The van der Waals surface area contributed by atoms with Crippen LogP contribution in [0.15, 0.2) is 0 Å². The van der Waals surface area contributed by atoms with Gasteiger partial charge in [-0.3, -0.25) is 0 Å². The molecule has 2 fully saturated rings. The molecule has 0 aromatic carbocycles. The summed E-state index contributed by atoms with van der Waals surface area (Å²) in [4.78, 5) is 0. The van der Waals surface area contributed by atoms with Crippen LogP contribution in [0.3, 0.4) is 0 Å². The molecule has 112 valence electrons. The van der Waals surface area contributed by atoms with Gasteiger partial charge >= 0.3 is 0 Å². The van der Waals surface area contributed by atoms with Gasteiger partial charge in [0.25, 0.3) is 0 Å². The van der Waals surface area contributed by atoms with Gasteiger partial charge in [0.05, 0.1) is 0 Å². The van der Waals surface area contributed by atoms with Gasteiger partial charge in [-0.2, -0.15) is 0 Å². The van der Waals surface area contributed by atoms with Crippen molar-refractivity contribution in [2.45, 2.75) is 96.4 Å². The average molecular weight is 265 g/mol. The lowest BCUT2D eigenvalue weighted by Crippen LogP contribution is -2.53. The lowest BCUT2D eigenvalue weighted by molar-refractivity contribution is 0.0804. The van der Waals surface area contributed by atoms with Crippen LogP contribution in [0.5, 0.6) is 0 Å². The van der Waals surface area contributed by atoms with Crippen LogP contribution in [0.25, 0.3) is 0 Å². The van der Waals surface area contributed by atoms with Crippen LogP contribution in [-0.2, 0) is 0 Å². The summed E-state index contributed by atoms with van der Waals surface area (Å²) in [6.45, 7) is 4.73. The molecule has 2 rings (SSSR count). The molecule has 2 aliphatic rings. The highest BCUT2D eigenvalue weighted by molar-refractivity contribution is 4.98. The van der Waals surface area contributed by atoms with Crippen molar-refractivity contribution in [3.63, 3.8) is 0 Å². The minimum Gasteiger partial charge on any atom is -0.325 e. The molecule has 0 amide bonds. The highest BCUT2D eigenvalue weighted by Crippen LogP contribution is 2.45. The molecule has 1 nitrogen and oxygen atoms in total. The lowest BCUT2D eigenvalue weighted by Gasteiger charge is -2.47. The van der Waals surface area contributed by atoms with Crippen LogP contribution in [0, 0.1) is 17.8 Å². The highest BCUT2D eigenvalue weighted by Gasteiger charge is 2.42. The quantitative estimate of drug-likeness (QED) is 0.719. The topological polar surface area (TPSA) is 26.0 Å².